The zero-order valence-corrected chi connectivity index (χ0v) is 21.5. The molecule has 0 aromatic heterocycles. The first kappa shape index (κ1) is 25.6. The van der Waals surface area contributed by atoms with Gasteiger partial charge in [-0.25, -0.2) is 0 Å². The summed E-state index contributed by atoms with van der Waals surface area (Å²) in [5.41, 5.74) is 2.46. The van der Waals surface area contributed by atoms with Gasteiger partial charge in [0.05, 0.1) is 0 Å². The Labute approximate surface area is 223 Å². The molecule has 38 heavy (non-hydrogen) atoms. The number of nitrogens with zero attached hydrogens (tertiary/aromatic N) is 1. The molecule has 0 spiro atoms. The van der Waals surface area contributed by atoms with E-state index in [0.717, 1.165) is 30.4 Å². The van der Waals surface area contributed by atoms with Crippen molar-refractivity contribution in [1.82, 2.24) is 10.2 Å². The van der Waals surface area contributed by atoms with Crippen molar-refractivity contribution in [2.75, 3.05) is 6.79 Å². The van der Waals surface area contributed by atoms with Crippen LogP contribution in [0.25, 0.3) is 0 Å². The molecule has 1 aliphatic heterocycles. The summed E-state index contributed by atoms with van der Waals surface area (Å²) in [4.78, 5) is 29.3. The predicted molar refractivity (Wildman–Crippen MR) is 143 cm³/mol. The molecule has 1 unspecified atom stereocenters. The van der Waals surface area contributed by atoms with Crippen LogP contribution in [0, 0.1) is 5.92 Å². The average Bonchev–Trinajstić information content (AvgIpc) is 3.64. The summed E-state index contributed by atoms with van der Waals surface area (Å²) in [6.07, 6.45) is 5.97. The summed E-state index contributed by atoms with van der Waals surface area (Å²) in [5, 5.41) is 12.9. The molecule has 1 saturated carbocycles. The lowest BCUT2D eigenvalue weighted by atomic mass is 9.98. The molecular formula is C31H34N2O5. The van der Waals surface area contributed by atoms with Crippen molar-refractivity contribution in [3.05, 3.63) is 89.5 Å². The number of nitrogens with one attached hydrogen (secondary N) is 1. The zero-order chi connectivity index (χ0) is 26.3. The first-order valence-corrected chi connectivity index (χ1v) is 13.4. The number of carbonyl (C=O) groups is 2. The van der Waals surface area contributed by atoms with Crippen molar-refractivity contribution >= 4 is 11.8 Å². The van der Waals surface area contributed by atoms with Gasteiger partial charge in [-0.2, -0.15) is 0 Å². The van der Waals surface area contributed by atoms with Crippen LogP contribution in [0.4, 0.5) is 0 Å². The van der Waals surface area contributed by atoms with Gasteiger partial charge in [-0.15, -0.1) is 0 Å². The summed E-state index contributed by atoms with van der Waals surface area (Å²) in [7, 11) is 0. The van der Waals surface area contributed by atoms with Gasteiger partial charge in [0.1, 0.15) is 11.8 Å². The molecule has 3 aromatic rings. The number of carbonyl (C=O) groups excluding carboxylic acids is 2. The van der Waals surface area contributed by atoms with E-state index in [-0.39, 0.29) is 30.9 Å². The summed E-state index contributed by atoms with van der Waals surface area (Å²) >= 11 is 0. The summed E-state index contributed by atoms with van der Waals surface area (Å²) in [6.45, 7) is 0.758. The van der Waals surface area contributed by atoms with Gasteiger partial charge in [-0.3, -0.25) is 9.59 Å². The largest absolute Gasteiger partial charge is 0.508 e. The highest BCUT2D eigenvalue weighted by atomic mass is 16.7. The van der Waals surface area contributed by atoms with Crippen LogP contribution in [0.15, 0.2) is 72.8 Å². The predicted octanol–water partition coefficient (Wildman–Crippen LogP) is 5.48. The molecule has 1 aliphatic carbocycles. The third-order valence-corrected chi connectivity index (χ3v) is 7.43. The minimum atomic E-state index is -0.860. The zero-order valence-electron chi connectivity index (χ0n) is 21.5. The first-order chi connectivity index (χ1) is 18.6. The van der Waals surface area contributed by atoms with Crippen LogP contribution >= 0.6 is 0 Å². The van der Waals surface area contributed by atoms with Crippen molar-refractivity contribution in [3.63, 3.8) is 0 Å². The SMILES string of the molecule is O=C(NCc1ccccc1)C(c1ccc(O)cc1)N(Cc1ccc2c(c1)OCO2)C(=O)CCC1CCCC1. The highest BCUT2D eigenvalue weighted by Gasteiger charge is 2.32. The molecule has 1 atom stereocenters. The Morgan fingerprint density at radius 2 is 1.66 bits per heavy atom. The Kier molecular flexibility index (Phi) is 8.12. The molecule has 3 aromatic carbocycles. The maximum absolute atomic E-state index is 13.8. The van der Waals surface area contributed by atoms with E-state index >= 15 is 0 Å². The molecule has 2 N–H and O–H groups in total. The summed E-state index contributed by atoms with van der Waals surface area (Å²) in [6, 6.07) is 21.0. The Morgan fingerprint density at radius 3 is 2.42 bits per heavy atom. The number of aromatic hydroxyl groups is 1. The van der Waals surface area contributed by atoms with Gasteiger partial charge in [0, 0.05) is 19.5 Å². The number of ether oxygens (including phenoxy) is 2. The number of hydrogen-bond donors (Lipinski definition) is 2. The Bertz CT molecular complexity index is 1240. The van der Waals surface area contributed by atoms with E-state index in [9.17, 15) is 14.7 Å². The topological polar surface area (TPSA) is 88.1 Å². The van der Waals surface area contributed by atoms with Crippen LogP contribution < -0.4 is 14.8 Å². The van der Waals surface area contributed by atoms with Gasteiger partial charge in [-0.05, 0) is 53.3 Å². The number of benzene rings is 3. The van der Waals surface area contributed by atoms with Gasteiger partial charge in [-0.1, -0.05) is 74.2 Å². The lowest BCUT2D eigenvalue weighted by Crippen LogP contribution is -2.43. The van der Waals surface area contributed by atoms with Gasteiger partial charge in [0.2, 0.25) is 18.6 Å². The fourth-order valence-corrected chi connectivity index (χ4v) is 5.34. The molecule has 198 valence electrons. The van der Waals surface area contributed by atoms with Crippen LogP contribution in [0.5, 0.6) is 17.2 Å². The molecule has 7 heteroatoms. The second-order valence-electron chi connectivity index (χ2n) is 10.1. The number of hydrogen-bond acceptors (Lipinski definition) is 5. The van der Waals surface area contributed by atoms with Crippen LogP contribution in [-0.4, -0.2) is 28.6 Å². The fourth-order valence-electron chi connectivity index (χ4n) is 5.34. The second kappa shape index (κ2) is 12.0. The first-order valence-electron chi connectivity index (χ1n) is 13.4. The van der Waals surface area contributed by atoms with E-state index < -0.39 is 6.04 Å². The minimum absolute atomic E-state index is 0.0671. The minimum Gasteiger partial charge on any atom is -0.508 e. The van der Waals surface area contributed by atoms with Crippen molar-refractivity contribution in [1.29, 1.82) is 0 Å². The van der Waals surface area contributed by atoms with E-state index in [2.05, 4.69) is 5.32 Å². The normalized spacial score (nSPS) is 15.3. The Morgan fingerprint density at radius 1 is 0.921 bits per heavy atom. The third-order valence-electron chi connectivity index (χ3n) is 7.43. The number of fused-ring (bicyclic) bond motifs is 1. The summed E-state index contributed by atoms with van der Waals surface area (Å²) < 4.78 is 11.0. The number of amides is 2. The van der Waals surface area contributed by atoms with Crippen LogP contribution in [-0.2, 0) is 22.7 Å². The standard InChI is InChI=1S/C31H34N2O5/c34-26-14-12-25(13-15-26)30(31(36)32-19-23-8-2-1-3-9-23)33(29(35)17-11-22-6-4-5-7-22)20-24-10-16-27-28(18-24)38-21-37-27/h1-3,8-10,12-16,18,22,30,34H,4-7,11,17,19-21H2,(H,32,36). The average molecular weight is 515 g/mol. The van der Waals surface area contributed by atoms with Crippen LogP contribution in [0.3, 0.4) is 0 Å². The van der Waals surface area contributed by atoms with Gasteiger partial charge in [0.25, 0.3) is 0 Å². The fraction of sp³-hybridized carbons (Fsp3) is 0.355. The van der Waals surface area contributed by atoms with E-state index in [1.807, 2.05) is 48.5 Å². The van der Waals surface area contributed by atoms with Gasteiger partial charge >= 0.3 is 0 Å². The monoisotopic (exact) mass is 514 g/mol. The lowest BCUT2D eigenvalue weighted by Gasteiger charge is -2.32. The molecule has 1 fully saturated rings. The number of phenols is 1. The maximum Gasteiger partial charge on any atom is 0.247 e. The second-order valence-corrected chi connectivity index (χ2v) is 10.1. The number of phenolic OH excluding ortho intramolecular Hbond substituents is 1. The highest BCUT2D eigenvalue weighted by molar-refractivity contribution is 5.88. The molecule has 7 nitrogen and oxygen atoms in total. The summed E-state index contributed by atoms with van der Waals surface area (Å²) in [5.74, 6) is 1.63. The molecule has 1 heterocycles. The van der Waals surface area contributed by atoms with Gasteiger partial charge < -0.3 is 24.8 Å². The van der Waals surface area contributed by atoms with Crippen molar-refractivity contribution in [2.24, 2.45) is 5.92 Å². The smallest absolute Gasteiger partial charge is 0.247 e. The molecule has 2 amide bonds. The van der Waals surface area contributed by atoms with Crippen LogP contribution in [0.2, 0.25) is 0 Å². The van der Waals surface area contributed by atoms with Crippen molar-refractivity contribution < 1.29 is 24.2 Å². The lowest BCUT2D eigenvalue weighted by molar-refractivity contribution is -0.142. The quantitative estimate of drug-likeness (QED) is 0.374. The molecule has 0 bridgehead atoms. The molecular weight excluding hydrogens is 480 g/mol. The van der Waals surface area contributed by atoms with E-state index in [4.69, 9.17) is 9.47 Å². The van der Waals surface area contributed by atoms with E-state index in [1.54, 1.807) is 29.2 Å². The number of rotatable bonds is 10. The van der Waals surface area contributed by atoms with Crippen molar-refractivity contribution in [3.8, 4) is 17.2 Å². The van der Waals surface area contributed by atoms with E-state index in [0.29, 0.717) is 35.9 Å². The molecule has 5 rings (SSSR count). The van der Waals surface area contributed by atoms with E-state index in [1.165, 1.54) is 12.8 Å². The van der Waals surface area contributed by atoms with Crippen LogP contribution in [0.1, 0.15) is 61.3 Å². The Hall–Kier alpha value is -4.00. The third kappa shape index (κ3) is 6.28. The Balaban J connectivity index is 1.44. The van der Waals surface area contributed by atoms with Crippen molar-refractivity contribution in [2.45, 2.75) is 57.7 Å². The highest BCUT2D eigenvalue weighted by Crippen LogP contribution is 2.35. The molecule has 0 radical (unpaired) electrons. The molecule has 0 saturated heterocycles. The van der Waals surface area contributed by atoms with Gasteiger partial charge in [0.15, 0.2) is 11.5 Å². The molecule has 2 aliphatic rings. The maximum atomic E-state index is 13.8.